The molecule has 3 aromatic rings. The van der Waals surface area contributed by atoms with Crippen LogP contribution in [0.15, 0.2) is 65.2 Å². The second-order valence-corrected chi connectivity index (χ2v) is 7.43. The van der Waals surface area contributed by atoms with Crippen molar-refractivity contribution in [2.24, 2.45) is 11.8 Å². The Morgan fingerprint density at radius 1 is 1.21 bits per heavy atom. The van der Waals surface area contributed by atoms with Crippen LogP contribution in [0.2, 0.25) is 0 Å². The zero-order chi connectivity index (χ0) is 19.5. The molecule has 0 aliphatic heterocycles. The third-order valence-electron chi connectivity index (χ3n) is 5.33. The fraction of sp³-hybridized carbons (Fsp3) is 0.304. The van der Waals surface area contributed by atoms with Gasteiger partial charge < -0.3 is 9.73 Å². The number of rotatable bonds is 7. The van der Waals surface area contributed by atoms with Gasteiger partial charge in [0, 0.05) is 12.8 Å². The van der Waals surface area contributed by atoms with Crippen LogP contribution in [0.25, 0.3) is 11.3 Å². The van der Waals surface area contributed by atoms with E-state index in [1.807, 2.05) is 18.2 Å². The Kier molecular flexibility index (Phi) is 5.24. The molecule has 1 aromatic heterocycles. The van der Waals surface area contributed by atoms with Gasteiger partial charge in [-0.05, 0) is 36.0 Å². The molecule has 1 fully saturated rings. The molecule has 0 radical (unpaired) electrons. The molecule has 0 bridgehead atoms. The number of nitrogens with zero attached hydrogens (tertiary/aromatic N) is 1. The van der Waals surface area contributed by atoms with Crippen LogP contribution in [0.5, 0.6) is 0 Å². The highest BCUT2D eigenvalue weighted by atomic mass is 19.1. The van der Waals surface area contributed by atoms with Crippen molar-refractivity contribution in [2.45, 2.75) is 32.2 Å². The lowest BCUT2D eigenvalue weighted by Gasteiger charge is -2.19. The summed E-state index contributed by atoms with van der Waals surface area (Å²) in [6, 6.07) is 16.5. The van der Waals surface area contributed by atoms with E-state index in [4.69, 9.17) is 4.42 Å². The van der Waals surface area contributed by atoms with E-state index < -0.39 is 0 Å². The Morgan fingerprint density at radius 3 is 2.64 bits per heavy atom. The fourth-order valence-corrected chi connectivity index (χ4v) is 3.59. The summed E-state index contributed by atoms with van der Waals surface area (Å²) in [7, 11) is 0. The van der Waals surface area contributed by atoms with Crippen molar-refractivity contribution in [3.63, 3.8) is 0 Å². The Labute approximate surface area is 163 Å². The first-order valence-electron chi connectivity index (χ1n) is 9.65. The van der Waals surface area contributed by atoms with Gasteiger partial charge in [0.05, 0.1) is 17.8 Å². The topological polar surface area (TPSA) is 55.1 Å². The summed E-state index contributed by atoms with van der Waals surface area (Å²) in [5.74, 6) is 1.54. The summed E-state index contributed by atoms with van der Waals surface area (Å²) in [4.78, 5) is 16.7. The average molecular weight is 378 g/mol. The number of nitrogens with one attached hydrogen (secondary N) is 1. The highest BCUT2D eigenvalue weighted by molar-refractivity contribution is 5.76. The molecule has 3 atom stereocenters. The van der Waals surface area contributed by atoms with E-state index in [1.54, 1.807) is 18.2 Å². The first kappa shape index (κ1) is 18.4. The van der Waals surface area contributed by atoms with Crippen molar-refractivity contribution in [1.29, 1.82) is 0 Å². The number of carbonyl (C=O) groups excluding carboxylic acids is 1. The molecule has 2 aromatic carbocycles. The van der Waals surface area contributed by atoms with Gasteiger partial charge in [-0.2, -0.15) is 0 Å². The van der Waals surface area contributed by atoms with Crippen molar-refractivity contribution in [1.82, 2.24) is 10.3 Å². The third kappa shape index (κ3) is 4.14. The van der Waals surface area contributed by atoms with Crippen LogP contribution in [0.3, 0.4) is 0 Å². The summed E-state index contributed by atoms with van der Waals surface area (Å²) in [5.41, 5.74) is 1.51. The van der Waals surface area contributed by atoms with Crippen molar-refractivity contribution >= 4 is 5.91 Å². The number of carbonyl (C=O) groups is 1. The minimum atomic E-state index is -0.354. The molecule has 4 rings (SSSR count). The number of aromatic nitrogens is 1. The molecule has 144 valence electrons. The van der Waals surface area contributed by atoms with Crippen LogP contribution in [0.4, 0.5) is 4.39 Å². The van der Waals surface area contributed by atoms with E-state index in [1.165, 1.54) is 12.3 Å². The summed E-state index contributed by atoms with van der Waals surface area (Å²) in [6.45, 7) is 2.21. The molecule has 0 spiro atoms. The largest absolute Gasteiger partial charge is 0.441 e. The number of amides is 1. The average Bonchev–Trinajstić information content (AvgIpc) is 3.24. The van der Waals surface area contributed by atoms with Crippen molar-refractivity contribution in [3.8, 4) is 11.3 Å². The van der Waals surface area contributed by atoms with Gasteiger partial charge in [-0.1, -0.05) is 49.4 Å². The van der Waals surface area contributed by atoms with Crippen molar-refractivity contribution in [2.75, 3.05) is 0 Å². The number of benzene rings is 2. The monoisotopic (exact) mass is 378 g/mol. The molecule has 1 heterocycles. The first-order valence-corrected chi connectivity index (χ1v) is 9.65. The zero-order valence-corrected chi connectivity index (χ0v) is 15.8. The van der Waals surface area contributed by atoms with Gasteiger partial charge in [-0.3, -0.25) is 4.79 Å². The molecular formula is C23H23FN2O2. The molecule has 1 aliphatic rings. The summed E-state index contributed by atoms with van der Waals surface area (Å²) < 4.78 is 19.5. The predicted octanol–water partition coefficient (Wildman–Crippen LogP) is 4.93. The van der Waals surface area contributed by atoms with E-state index in [0.29, 0.717) is 35.5 Å². The van der Waals surface area contributed by atoms with Crippen molar-refractivity contribution in [3.05, 3.63) is 78.1 Å². The maximum absolute atomic E-state index is 13.9. The second kappa shape index (κ2) is 7.97. The highest BCUT2D eigenvalue weighted by Gasteiger charge is 2.40. The van der Waals surface area contributed by atoms with E-state index in [0.717, 1.165) is 12.0 Å². The highest BCUT2D eigenvalue weighted by Crippen LogP contribution is 2.46. The first-order chi connectivity index (χ1) is 13.6. The Bertz CT molecular complexity index is 954. The Morgan fingerprint density at radius 2 is 1.93 bits per heavy atom. The maximum atomic E-state index is 13.9. The third-order valence-corrected chi connectivity index (χ3v) is 5.33. The van der Waals surface area contributed by atoms with Crippen molar-refractivity contribution < 1.29 is 13.6 Å². The molecule has 5 heteroatoms. The van der Waals surface area contributed by atoms with Gasteiger partial charge in [-0.15, -0.1) is 0 Å². The second-order valence-electron chi connectivity index (χ2n) is 7.43. The van der Waals surface area contributed by atoms with Crippen LogP contribution in [0, 0.1) is 17.7 Å². The van der Waals surface area contributed by atoms with Crippen LogP contribution in [-0.4, -0.2) is 10.9 Å². The van der Waals surface area contributed by atoms with Crippen LogP contribution in [-0.2, 0) is 11.2 Å². The van der Waals surface area contributed by atoms with E-state index in [9.17, 15) is 9.18 Å². The van der Waals surface area contributed by atoms with Crippen LogP contribution < -0.4 is 5.32 Å². The van der Waals surface area contributed by atoms with Gasteiger partial charge >= 0.3 is 0 Å². The Balaban J connectivity index is 1.37. The molecular weight excluding hydrogens is 355 g/mol. The molecule has 1 amide bonds. The van der Waals surface area contributed by atoms with E-state index in [-0.39, 0.29) is 24.2 Å². The summed E-state index contributed by atoms with van der Waals surface area (Å²) in [6.07, 6.45) is 3.29. The zero-order valence-electron chi connectivity index (χ0n) is 15.8. The quantitative estimate of drug-likeness (QED) is 0.634. The summed E-state index contributed by atoms with van der Waals surface area (Å²) >= 11 is 0. The van der Waals surface area contributed by atoms with Crippen LogP contribution in [0.1, 0.15) is 37.3 Å². The molecule has 1 saturated carbocycles. The van der Waals surface area contributed by atoms with Gasteiger partial charge in [0.15, 0.2) is 11.7 Å². The molecule has 3 unspecified atom stereocenters. The standard InChI is InChI=1S/C23H23FN2O2/c1-15-13-18(15)23(16-7-3-2-4-8-16)26-21(27)11-12-22-25-14-20(28-22)17-9-5-6-10-19(17)24/h2-10,14-15,18,23H,11-13H2,1H3,(H,26,27). The van der Waals surface area contributed by atoms with Gasteiger partial charge in [0.2, 0.25) is 5.91 Å². The molecule has 4 nitrogen and oxygen atoms in total. The molecule has 1 N–H and O–H groups in total. The summed E-state index contributed by atoms with van der Waals surface area (Å²) in [5, 5.41) is 3.18. The number of aryl methyl sites for hydroxylation is 1. The Hall–Kier alpha value is -2.95. The lowest BCUT2D eigenvalue weighted by atomic mass is 10.0. The number of halogens is 1. The lowest BCUT2D eigenvalue weighted by molar-refractivity contribution is -0.122. The number of hydrogen-bond donors (Lipinski definition) is 1. The lowest BCUT2D eigenvalue weighted by Crippen LogP contribution is -2.30. The predicted molar refractivity (Wildman–Crippen MR) is 105 cm³/mol. The van der Waals surface area contributed by atoms with E-state index >= 15 is 0 Å². The number of hydrogen-bond acceptors (Lipinski definition) is 3. The minimum Gasteiger partial charge on any atom is -0.441 e. The minimum absolute atomic E-state index is 0.0291. The van der Waals surface area contributed by atoms with Gasteiger partial charge in [0.25, 0.3) is 0 Å². The normalized spacial score (nSPS) is 19.2. The molecule has 1 aliphatic carbocycles. The van der Waals surface area contributed by atoms with Crippen LogP contribution >= 0.6 is 0 Å². The SMILES string of the molecule is CC1CC1C(NC(=O)CCc1ncc(-c2ccccc2F)o1)c1ccccc1. The fourth-order valence-electron chi connectivity index (χ4n) is 3.59. The number of oxazole rings is 1. The maximum Gasteiger partial charge on any atom is 0.221 e. The molecule has 0 saturated heterocycles. The van der Waals surface area contributed by atoms with E-state index in [2.05, 4.69) is 29.4 Å². The van der Waals surface area contributed by atoms with Gasteiger partial charge in [0.1, 0.15) is 5.82 Å². The van der Waals surface area contributed by atoms with Gasteiger partial charge in [-0.25, -0.2) is 9.37 Å². The smallest absolute Gasteiger partial charge is 0.221 e. The molecule has 28 heavy (non-hydrogen) atoms.